The van der Waals surface area contributed by atoms with Crippen LogP contribution in [0.1, 0.15) is 24.0 Å². The molecule has 2 saturated heterocycles. The first-order valence-corrected chi connectivity index (χ1v) is 11.9. The zero-order valence-corrected chi connectivity index (χ0v) is 19.1. The molecule has 0 aromatic heterocycles. The number of hydrogen-bond acceptors (Lipinski definition) is 5. The molecular formula is C25H30ClN3O3. The van der Waals surface area contributed by atoms with Gasteiger partial charge in [-0.2, -0.15) is 0 Å². The Bertz CT molecular complexity index is 961. The molecule has 0 spiro atoms. The van der Waals surface area contributed by atoms with Crippen molar-refractivity contribution in [3.05, 3.63) is 58.6 Å². The van der Waals surface area contributed by atoms with Crippen LogP contribution in [0.25, 0.3) is 0 Å². The number of likely N-dealkylation sites (tertiary alicyclic amines) is 1. The second-order valence-corrected chi connectivity index (χ2v) is 9.43. The normalized spacial score (nSPS) is 21.7. The van der Waals surface area contributed by atoms with Gasteiger partial charge in [-0.1, -0.05) is 29.8 Å². The Morgan fingerprint density at radius 3 is 2.53 bits per heavy atom. The van der Waals surface area contributed by atoms with Gasteiger partial charge in [-0.15, -0.1) is 0 Å². The molecule has 0 bridgehead atoms. The number of carbonyl (C=O) groups is 1. The van der Waals surface area contributed by atoms with Gasteiger partial charge in [-0.05, 0) is 54.8 Å². The lowest BCUT2D eigenvalue weighted by atomic mass is 9.95. The van der Waals surface area contributed by atoms with Crippen LogP contribution >= 0.6 is 11.6 Å². The Labute approximate surface area is 194 Å². The average Bonchev–Trinajstić information content (AvgIpc) is 3.27. The van der Waals surface area contributed by atoms with E-state index in [-0.39, 0.29) is 5.92 Å². The Kier molecular flexibility index (Phi) is 6.53. The third kappa shape index (κ3) is 5.03. The number of rotatable bonds is 5. The summed E-state index contributed by atoms with van der Waals surface area (Å²) >= 11 is 6.14. The van der Waals surface area contributed by atoms with Crippen LogP contribution in [0.2, 0.25) is 5.02 Å². The van der Waals surface area contributed by atoms with Gasteiger partial charge in [0.25, 0.3) is 0 Å². The number of fused-ring (bicyclic) bond motifs is 1. The Balaban J connectivity index is 1.11. The number of piperazine rings is 1. The largest absolute Gasteiger partial charge is 0.454 e. The van der Waals surface area contributed by atoms with Gasteiger partial charge in [0, 0.05) is 50.8 Å². The Morgan fingerprint density at radius 1 is 0.906 bits per heavy atom. The summed E-state index contributed by atoms with van der Waals surface area (Å²) in [6, 6.07) is 14.2. The molecule has 3 aliphatic heterocycles. The number of hydrogen-bond donors (Lipinski definition) is 0. The lowest BCUT2D eigenvalue weighted by molar-refractivity contribution is -0.139. The minimum absolute atomic E-state index is 0.100. The molecule has 2 aromatic carbocycles. The van der Waals surface area contributed by atoms with Crippen LogP contribution in [0.4, 0.5) is 0 Å². The van der Waals surface area contributed by atoms with Crippen LogP contribution in [0.3, 0.4) is 0 Å². The summed E-state index contributed by atoms with van der Waals surface area (Å²) in [6.07, 6.45) is 2.06. The van der Waals surface area contributed by atoms with E-state index in [1.807, 2.05) is 24.3 Å². The SMILES string of the molecule is O=C(C1CCCN(Cc2cccc(Cl)c2)C1)N1CCN(Cc2ccc3c(c2)OCO3)CC1. The molecule has 1 atom stereocenters. The van der Waals surface area contributed by atoms with Crippen LogP contribution in [0, 0.1) is 5.92 Å². The molecule has 3 aliphatic rings. The number of piperidine rings is 1. The predicted molar refractivity (Wildman–Crippen MR) is 124 cm³/mol. The fraction of sp³-hybridized carbons (Fsp3) is 0.480. The van der Waals surface area contributed by atoms with E-state index < -0.39 is 0 Å². The topological polar surface area (TPSA) is 45.3 Å². The van der Waals surface area contributed by atoms with E-state index in [0.29, 0.717) is 12.7 Å². The van der Waals surface area contributed by atoms with Crippen LogP contribution in [-0.4, -0.2) is 66.7 Å². The van der Waals surface area contributed by atoms with E-state index in [2.05, 4.69) is 32.9 Å². The molecule has 32 heavy (non-hydrogen) atoms. The summed E-state index contributed by atoms with van der Waals surface area (Å²) in [5, 5.41) is 0.769. The summed E-state index contributed by atoms with van der Waals surface area (Å²) < 4.78 is 10.9. The van der Waals surface area contributed by atoms with Gasteiger partial charge >= 0.3 is 0 Å². The van der Waals surface area contributed by atoms with Crippen LogP contribution in [0.15, 0.2) is 42.5 Å². The number of ether oxygens (including phenoxy) is 2. The highest BCUT2D eigenvalue weighted by Crippen LogP contribution is 2.33. The highest BCUT2D eigenvalue weighted by molar-refractivity contribution is 6.30. The van der Waals surface area contributed by atoms with Gasteiger partial charge in [-0.3, -0.25) is 14.6 Å². The monoisotopic (exact) mass is 455 g/mol. The molecule has 1 amide bonds. The average molecular weight is 456 g/mol. The van der Waals surface area contributed by atoms with E-state index in [1.165, 1.54) is 11.1 Å². The van der Waals surface area contributed by atoms with Crippen LogP contribution in [-0.2, 0) is 17.9 Å². The molecule has 2 aromatic rings. The standard InChI is InChI=1S/C25H30ClN3O3/c26-22-5-1-3-19(13-22)16-28-8-2-4-21(17-28)25(30)29-11-9-27(10-12-29)15-20-6-7-23-24(14-20)32-18-31-23/h1,3,5-7,13-14,21H,2,4,8-12,15-18H2. The van der Waals surface area contributed by atoms with E-state index in [0.717, 1.165) is 81.7 Å². The van der Waals surface area contributed by atoms with Crippen molar-refractivity contribution in [2.45, 2.75) is 25.9 Å². The molecule has 6 nitrogen and oxygen atoms in total. The minimum Gasteiger partial charge on any atom is -0.454 e. The molecule has 170 valence electrons. The third-order valence-corrected chi connectivity index (χ3v) is 6.91. The number of carbonyl (C=O) groups excluding carboxylic acids is 1. The van der Waals surface area contributed by atoms with Crippen molar-refractivity contribution in [2.75, 3.05) is 46.1 Å². The molecular weight excluding hydrogens is 426 g/mol. The maximum absolute atomic E-state index is 13.2. The zero-order valence-electron chi connectivity index (χ0n) is 18.3. The summed E-state index contributed by atoms with van der Waals surface area (Å²) in [7, 11) is 0. The molecule has 1 unspecified atom stereocenters. The second-order valence-electron chi connectivity index (χ2n) is 8.99. The summed E-state index contributed by atoms with van der Waals surface area (Å²) in [5.41, 5.74) is 2.43. The van der Waals surface area contributed by atoms with Crippen molar-refractivity contribution < 1.29 is 14.3 Å². The molecule has 7 heteroatoms. The van der Waals surface area contributed by atoms with E-state index in [4.69, 9.17) is 21.1 Å². The maximum Gasteiger partial charge on any atom is 0.231 e. The van der Waals surface area contributed by atoms with Crippen molar-refractivity contribution in [3.63, 3.8) is 0 Å². The van der Waals surface area contributed by atoms with Crippen molar-refractivity contribution >= 4 is 17.5 Å². The van der Waals surface area contributed by atoms with Gasteiger partial charge in [-0.25, -0.2) is 0 Å². The third-order valence-electron chi connectivity index (χ3n) is 6.68. The van der Waals surface area contributed by atoms with Crippen molar-refractivity contribution in [1.29, 1.82) is 0 Å². The minimum atomic E-state index is 0.100. The molecule has 3 heterocycles. The van der Waals surface area contributed by atoms with Crippen molar-refractivity contribution in [2.24, 2.45) is 5.92 Å². The fourth-order valence-electron chi connectivity index (χ4n) is 4.98. The van der Waals surface area contributed by atoms with Gasteiger partial charge in [0.1, 0.15) is 0 Å². The molecule has 0 N–H and O–H groups in total. The Hall–Kier alpha value is -2.28. The summed E-state index contributed by atoms with van der Waals surface area (Å²) in [5.74, 6) is 2.07. The first-order chi connectivity index (χ1) is 15.6. The molecule has 0 saturated carbocycles. The van der Waals surface area contributed by atoms with Gasteiger partial charge in [0.05, 0.1) is 5.92 Å². The number of benzene rings is 2. The lowest BCUT2D eigenvalue weighted by Gasteiger charge is -2.39. The quantitative estimate of drug-likeness (QED) is 0.689. The second kappa shape index (κ2) is 9.69. The van der Waals surface area contributed by atoms with Gasteiger partial charge in [0.15, 0.2) is 11.5 Å². The summed E-state index contributed by atoms with van der Waals surface area (Å²) in [6.45, 7) is 7.31. The van der Waals surface area contributed by atoms with Gasteiger partial charge in [0.2, 0.25) is 12.7 Å². The molecule has 0 aliphatic carbocycles. The molecule has 0 radical (unpaired) electrons. The smallest absolute Gasteiger partial charge is 0.231 e. The van der Waals surface area contributed by atoms with Gasteiger partial charge < -0.3 is 14.4 Å². The zero-order chi connectivity index (χ0) is 21.9. The predicted octanol–water partition coefficient (Wildman–Crippen LogP) is 3.63. The highest BCUT2D eigenvalue weighted by atomic mass is 35.5. The summed E-state index contributed by atoms with van der Waals surface area (Å²) in [4.78, 5) is 20.1. The lowest BCUT2D eigenvalue weighted by Crippen LogP contribution is -2.52. The van der Waals surface area contributed by atoms with Crippen LogP contribution in [0.5, 0.6) is 11.5 Å². The number of amides is 1. The Morgan fingerprint density at radius 2 is 1.69 bits per heavy atom. The first-order valence-electron chi connectivity index (χ1n) is 11.5. The number of nitrogens with zero attached hydrogens (tertiary/aromatic N) is 3. The van der Waals surface area contributed by atoms with Crippen molar-refractivity contribution in [1.82, 2.24) is 14.7 Å². The van der Waals surface area contributed by atoms with E-state index >= 15 is 0 Å². The highest BCUT2D eigenvalue weighted by Gasteiger charge is 2.31. The van der Waals surface area contributed by atoms with Crippen molar-refractivity contribution in [3.8, 4) is 11.5 Å². The number of halogens is 1. The fourth-order valence-corrected chi connectivity index (χ4v) is 5.19. The van der Waals surface area contributed by atoms with Crippen LogP contribution < -0.4 is 9.47 Å². The molecule has 5 rings (SSSR count). The maximum atomic E-state index is 13.2. The van der Waals surface area contributed by atoms with E-state index in [1.54, 1.807) is 0 Å². The first kappa shape index (κ1) is 21.6. The van der Waals surface area contributed by atoms with E-state index in [9.17, 15) is 4.79 Å². The molecule has 2 fully saturated rings.